The minimum atomic E-state index is 0.0584. The molecule has 4 nitrogen and oxygen atoms in total. The van der Waals surface area contributed by atoms with Crippen LogP contribution >= 0.6 is 22.9 Å². The Morgan fingerprint density at radius 2 is 1.89 bits per heavy atom. The highest BCUT2D eigenvalue weighted by Gasteiger charge is 2.11. The number of halogens is 1. The van der Waals surface area contributed by atoms with Crippen LogP contribution in [0.5, 0.6) is 10.9 Å². The van der Waals surface area contributed by atoms with Gasteiger partial charge in [-0.3, -0.25) is 0 Å². The molecule has 0 radical (unpaired) electrons. The zero-order chi connectivity index (χ0) is 13.9. The highest BCUT2D eigenvalue weighted by molar-refractivity contribution is 7.13. The van der Waals surface area contributed by atoms with E-state index in [-0.39, 0.29) is 5.54 Å². The summed E-state index contributed by atoms with van der Waals surface area (Å²) in [6, 6.07) is 7.16. The highest BCUT2D eigenvalue weighted by atomic mass is 35.5. The zero-order valence-corrected chi connectivity index (χ0v) is 12.7. The van der Waals surface area contributed by atoms with Gasteiger partial charge in [-0.25, -0.2) is 0 Å². The van der Waals surface area contributed by atoms with Gasteiger partial charge in [0.1, 0.15) is 10.8 Å². The van der Waals surface area contributed by atoms with Gasteiger partial charge in [0.05, 0.1) is 6.54 Å². The summed E-state index contributed by atoms with van der Waals surface area (Å²) in [7, 11) is 0. The number of aromatic nitrogens is 2. The molecule has 0 aliphatic heterocycles. The number of hydrogen-bond donors (Lipinski definition) is 1. The molecule has 6 heteroatoms. The fraction of sp³-hybridized carbons (Fsp3) is 0.385. The number of ether oxygens (including phenoxy) is 1. The predicted octanol–water partition coefficient (Wildman–Crippen LogP) is 3.87. The van der Waals surface area contributed by atoms with Crippen LogP contribution < -0.4 is 10.1 Å². The van der Waals surface area contributed by atoms with E-state index in [4.69, 9.17) is 16.3 Å². The number of benzene rings is 1. The van der Waals surface area contributed by atoms with Gasteiger partial charge in [0.2, 0.25) is 0 Å². The molecule has 1 aromatic heterocycles. The van der Waals surface area contributed by atoms with Crippen LogP contribution in [0.25, 0.3) is 0 Å². The SMILES string of the molecule is CC(C)(C)NCc1nnc(Oc2ccc(Cl)cc2)s1. The summed E-state index contributed by atoms with van der Waals surface area (Å²) < 4.78 is 5.60. The Morgan fingerprint density at radius 1 is 1.21 bits per heavy atom. The van der Waals surface area contributed by atoms with Crippen LogP contribution in [0.2, 0.25) is 5.02 Å². The van der Waals surface area contributed by atoms with Crippen molar-refractivity contribution >= 4 is 22.9 Å². The normalized spacial score (nSPS) is 11.6. The molecule has 2 rings (SSSR count). The Balaban J connectivity index is 1.95. The van der Waals surface area contributed by atoms with E-state index in [1.807, 2.05) is 0 Å². The van der Waals surface area contributed by atoms with Crippen LogP contribution in [0.3, 0.4) is 0 Å². The molecule has 1 aromatic carbocycles. The van der Waals surface area contributed by atoms with E-state index >= 15 is 0 Å². The first-order valence-corrected chi connectivity index (χ1v) is 7.13. The van der Waals surface area contributed by atoms with Gasteiger partial charge in [-0.1, -0.05) is 28.0 Å². The molecule has 0 aliphatic rings. The summed E-state index contributed by atoms with van der Waals surface area (Å²) in [6.45, 7) is 7.02. The van der Waals surface area contributed by atoms with Crippen LogP contribution in [0, 0.1) is 0 Å². The Hall–Kier alpha value is -1.17. The average Bonchev–Trinajstić information content (AvgIpc) is 2.77. The van der Waals surface area contributed by atoms with E-state index in [2.05, 4.69) is 36.3 Å². The van der Waals surface area contributed by atoms with E-state index in [1.54, 1.807) is 24.3 Å². The molecule has 0 spiro atoms. The molecule has 0 bridgehead atoms. The summed E-state index contributed by atoms with van der Waals surface area (Å²) in [5.74, 6) is 0.705. The number of nitrogens with one attached hydrogen (secondary N) is 1. The minimum absolute atomic E-state index is 0.0584. The molecular formula is C13H16ClN3OS. The quantitative estimate of drug-likeness (QED) is 0.930. The Bertz CT molecular complexity index is 534. The second kappa shape index (κ2) is 5.86. The molecule has 102 valence electrons. The van der Waals surface area contributed by atoms with E-state index < -0.39 is 0 Å². The molecular weight excluding hydrogens is 282 g/mol. The third-order valence-corrected chi connectivity index (χ3v) is 3.29. The zero-order valence-electron chi connectivity index (χ0n) is 11.1. The first-order chi connectivity index (χ1) is 8.92. The fourth-order valence-electron chi connectivity index (χ4n) is 1.30. The molecule has 1 N–H and O–H groups in total. The van der Waals surface area contributed by atoms with Crippen molar-refractivity contribution in [2.45, 2.75) is 32.9 Å². The largest absolute Gasteiger partial charge is 0.430 e. The summed E-state index contributed by atoms with van der Waals surface area (Å²) >= 11 is 7.25. The monoisotopic (exact) mass is 297 g/mol. The lowest BCUT2D eigenvalue weighted by Crippen LogP contribution is -2.35. The predicted molar refractivity (Wildman–Crippen MR) is 78.0 cm³/mol. The molecule has 19 heavy (non-hydrogen) atoms. The van der Waals surface area contributed by atoms with Crippen molar-refractivity contribution in [3.05, 3.63) is 34.3 Å². The van der Waals surface area contributed by atoms with Crippen LogP contribution in [0.1, 0.15) is 25.8 Å². The van der Waals surface area contributed by atoms with Crippen molar-refractivity contribution in [2.24, 2.45) is 0 Å². The van der Waals surface area contributed by atoms with E-state index in [0.29, 0.717) is 22.5 Å². The summed E-state index contributed by atoms with van der Waals surface area (Å²) in [6.07, 6.45) is 0. The Morgan fingerprint density at radius 3 is 2.53 bits per heavy atom. The summed E-state index contributed by atoms with van der Waals surface area (Å²) in [5.41, 5.74) is 0.0584. The molecule has 0 fully saturated rings. The molecule has 0 amide bonds. The van der Waals surface area contributed by atoms with Crippen LogP contribution in [0.4, 0.5) is 0 Å². The van der Waals surface area contributed by atoms with Crippen LogP contribution in [-0.2, 0) is 6.54 Å². The molecule has 2 aromatic rings. The summed E-state index contributed by atoms with van der Waals surface area (Å²) in [5, 5.41) is 13.6. The van der Waals surface area contributed by atoms with Gasteiger partial charge in [0, 0.05) is 10.6 Å². The molecule has 1 heterocycles. The third kappa shape index (κ3) is 4.78. The first kappa shape index (κ1) is 14.2. The smallest absolute Gasteiger partial charge is 0.299 e. The maximum absolute atomic E-state index is 5.81. The summed E-state index contributed by atoms with van der Waals surface area (Å²) in [4.78, 5) is 0. The van der Waals surface area contributed by atoms with E-state index in [0.717, 1.165) is 5.01 Å². The topological polar surface area (TPSA) is 47.0 Å². The molecule has 0 unspecified atom stereocenters. The molecule has 0 aliphatic carbocycles. The average molecular weight is 298 g/mol. The molecule has 0 saturated heterocycles. The maximum atomic E-state index is 5.81. The molecule has 0 atom stereocenters. The van der Waals surface area contributed by atoms with Gasteiger partial charge in [-0.05, 0) is 45.0 Å². The van der Waals surface area contributed by atoms with Crippen molar-refractivity contribution in [1.82, 2.24) is 15.5 Å². The fourth-order valence-corrected chi connectivity index (χ4v) is 2.07. The third-order valence-electron chi connectivity index (χ3n) is 2.24. The van der Waals surface area contributed by atoms with Crippen molar-refractivity contribution in [3.63, 3.8) is 0 Å². The Labute approximate surface area is 121 Å². The van der Waals surface area contributed by atoms with Crippen molar-refractivity contribution < 1.29 is 4.74 Å². The van der Waals surface area contributed by atoms with E-state index in [9.17, 15) is 0 Å². The lowest BCUT2D eigenvalue weighted by molar-refractivity contribution is 0.423. The van der Waals surface area contributed by atoms with Gasteiger partial charge in [0.25, 0.3) is 5.19 Å². The maximum Gasteiger partial charge on any atom is 0.299 e. The van der Waals surface area contributed by atoms with Crippen LogP contribution in [0.15, 0.2) is 24.3 Å². The standard InChI is InChI=1S/C13H16ClN3OS/c1-13(2,3)15-8-11-16-17-12(19-11)18-10-6-4-9(14)5-7-10/h4-7,15H,8H2,1-3H3. The second-order valence-corrected chi connectivity index (χ2v) is 6.58. The Kier molecular flexibility index (Phi) is 4.39. The number of nitrogens with zero attached hydrogens (tertiary/aromatic N) is 2. The van der Waals surface area contributed by atoms with Gasteiger partial charge in [-0.2, -0.15) is 0 Å². The van der Waals surface area contributed by atoms with Gasteiger partial charge < -0.3 is 10.1 Å². The van der Waals surface area contributed by atoms with Gasteiger partial charge >= 0.3 is 0 Å². The van der Waals surface area contributed by atoms with Crippen molar-refractivity contribution in [3.8, 4) is 10.9 Å². The van der Waals surface area contributed by atoms with Crippen molar-refractivity contribution in [2.75, 3.05) is 0 Å². The lowest BCUT2D eigenvalue weighted by atomic mass is 10.1. The van der Waals surface area contributed by atoms with Gasteiger partial charge in [-0.15, -0.1) is 5.10 Å². The van der Waals surface area contributed by atoms with Crippen LogP contribution in [-0.4, -0.2) is 15.7 Å². The van der Waals surface area contributed by atoms with Gasteiger partial charge in [0.15, 0.2) is 0 Å². The number of hydrogen-bond acceptors (Lipinski definition) is 5. The lowest BCUT2D eigenvalue weighted by Gasteiger charge is -2.19. The van der Waals surface area contributed by atoms with E-state index in [1.165, 1.54) is 11.3 Å². The number of rotatable bonds is 4. The highest BCUT2D eigenvalue weighted by Crippen LogP contribution is 2.26. The minimum Gasteiger partial charge on any atom is -0.430 e. The van der Waals surface area contributed by atoms with Crippen molar-refractivity contribution in [1.29, 1.82) is 0 Å². The molecule has 0 saturated carbocycles. The second-order valence-electron chi connectivity index (χ2n) is 5.12. The first-order valence-electron chi connectivity index (χ1n) is 5.93.